The lowest BCUT2D eigenvalue weighted by Gasteiger charge is -2.10. The predicted octanol–water partition coefficient (Wildman–Crippen LogP) is 4.86. The fourth-order valence-electron chi connectivity index (χ4n) is 2.58. The number of sulfonamides is 1. The monoisotopic (exact) mass is 387 g/mol. The topological polar surface area (TPSA) is 60.2 Å². The van der Waals surface area contributed by atoms with E-state index in [2.05, 4.69) is 6.58 Å². The molecule has 0 bridgehead atoms. The second kappa shape index (κ2) is 7.03. The number of primary sulfonamides is 1. The highest BCUT2D eigenvalue weighted by atomic mass is 35.5. The highest BCUT2D eigenvalue weighted by Gasteiger charge is 2.15. The van der Waals surface area contributed by atoms with Gasteiger partial charge in [-0.2, -0.15) is 0 Å². The Morgan fingerprint density at radius 1 is 0.885 bits per heavy atom. The van der Waals surface area contributed by atoms with Gasteiger partial charge in [-0.15, -0.1) is 0 Å². The highest BCUT2D eigenvalue weighted by Crippen LogP contribution is 2.29. The number of hydrogen-bond acceptors (Lipinski definition) is 2. The van der Waals surface area contributed by atoms with Gasteiger partial charge in [-0.1, -0.05) is 60.6 Å². The zero-order chi connectivity index (χ0) is 18.9. The van der Waals surface area contributed by atoms with Crippen molar-refractivity contribution < 1.29 is 12.8 Å². The molecule has 0 saturated heterocycles. The zero-order valence-electron chi connectivity index (χ0n) is 13.6. The van der Waals surface area contributed by atoms with Crippen molar-refractivity contribution in [2.24, 2.45) is 5.14 Å². The van der Waals surface area contributed by atoms with Crippen molar-refractivity contribution >= 4 is 27.2 Å². The Morgan fingerprint density at radius 3 is 1.92 bits per heavy atom. The summed E-state index contributed by atoms with van der Waals surface area (Å²) in [5.41, 5.74) is 3.89. The van der Waals surface area contributed by atoms with Crippen molar-refractivity contribution in [2.75, 3.05) is 0 Å². The third kappa shape index (κ3) is 3.85. The van der Waals surface area contributed by atoms with Crippen LogP contribution in [0.25, 0.3) is 16.7 Å². The number of halogens is 2. The first-order valence-corrected chi connectivity index (χ1v) is 9.56. The number of rotatable bonds is 4. The first-order valence-electron chi connectivity index (χ1n) is 7.64. The fraction of sp³-hybridized carbons (Fsp3) is 0. The van der Waals surface area contributed by atoms with Crippen LogP contribution in [0.4, 0.5) is 4.39 Å². The summed E-state index contributed by atoms with van der Waals surface area (Å²) in [6.45, 7) is 4.03. The highest BCUT2D eigenvalue weighted by molar-refractivity contribution is 7.89. The average molecular weight is 388 g/mol. The summed E-state index contributed by atoms with van der Waals surface area (Å²) in [7, 11) is -3.92. The van der Waals surface area contributed by atoms with Gasteiger partial charge in [0.25, 0.3) is 0 Å². The van der Waals surface area contributed by atoms with Crippen LogP contribution in [-0.2, 0) is 10.0 Å². The molecule has 26 heavy (non-hydrogen) atoms. The van der Waals surface area contributed by atoms with Gasteiger partial charge in [-0.3, -0.25) is 0 Å². The number of benzene rings is 3. The van der Waals surface area contributed by atoms with Gasteiger partial charge in [-0.05, 0) is 52.1 Å². The Hall–Kier alpha value is -2.47. The van der Waals surface area contributed by atoms with Crippen LogP contribution in [0.5, 0.6) is 0 Å². The Morgan fingerprint density at radius 2 is 1.38 bits per heavy atom. The Kier molecular flexibility index (Phi) is 4.96. The van der Waals surface area contributed by atoms with E-state index in [1.165, 1.54) is 24.3 Å². The van der Waals surface area contributed by atoms with Gasteiger partial charge in [-0.25, -0.2) is 17.9 Å². The van der Waals surface area contributed by atoms with Gasteiger partial charge in [0.2, 0.25) is 10.0 Å². The zero-order valence-corrected chi connectivity index (χ0v) is 15.2. The normalized spacial score (nSPS) is 11.3. The quantitative estimate of drug-likeness (QED) is 0.695. The summed E-state index contributed by atoms with van der Waals surface area (Å²) >= 11 is 5.92. The molecule has 2 N–H and O–H groups in total. The molecule has 0 spiro atoms. The minimum atomic E-state index is -3.92. The molecule has 0 atom stereocenters. The predicted molar refractivity (Wildman–Crippen MR) is 103 cm³/mol. The van der Waals surface area contributed by atoms with Gasteiger partial charge < -0.3 is 0 Å². The second-order valence-corrected chi connectivity index (χ2v) is 7.69. The summed E-state index contributed by atoms with van der Waals surface area (Å²) in [5.74, 6) is -0.285. The molecule has 132 valence electrons. The van der Waals surface area contributed by atoms with Crippen molar-refractivity contribution in [1.82, 2.24) is 0 Å². The molecular formula is C20H15ClFNO2S. The molecular weight excluding hydrogens is 373 g/mol. The number of hydrogen-bond donors (Lipinski definition) is 1. The summed E-state index contributed by atoms with van der Waals surface area (Å²) < 4.78 is 36.3. The van der Waals surface area contributed by atoms with E-state index in [0.717, 1.165) is 16.7 Å². The van der Waals surface area contributed by atoms with Crippen LogP contribution in [0.3, 0.4) is 0 Å². The molecule has 3 aromatic carbocycles. The van der Waals surface area contributed by atoms with Crippen LogP contribution < -0.4 is 5.14 Å². The summed E-state index contributed by atoms with van der Waals surface area (Å²) in [6, 6.07) is 18.3. The Balaban J connectivity index is 1.92. The van der Waals surface area contributed by atoms with Gasteiger partial charge in [0.05, 0.1) is 5.02 Å². The molecule has 0 radical (unpaired) electrons. The Bertz CT molecular complexity index is 1080. The third-order valence-corrected chi connectivity index (χ3v) is 5.39. The maximum Gasteiger partial charge on any atom is 0.239 e. The lowest BCUT2D eigenvalue weighted by atomic mass is 9.97. The molecule has 0 saturated carbocycles. The molecule has 0 aliphatic heterocycles. The van der Waals surface area contributed by atoms with E-state index in [0.29, 0.717) is 11.1 Å². The molecule has 0 heterocycles. The average Bonchev–Trinajstić information content (AvgIpc) is 2.61. The standard InChI is InChI=1S/C20H15ClFNO2S/c1-13(17-8-11-19(21)20(12-17)26(23,24)25)14-2-4-15(5-3-14)16-6-9-18(22)10-7-16/h2-12H,1H2,(H2,23,24,25). The molecule has 6 heteroatoms. The molecule has 0 fully saturated rings. The maximum absolute atomic E-state index is 13.0. The van der Waals surface area contributed by atoms with Crippen LogP contribution >= 0.6 is 11.6 Å². The smallest absolute Gasteiger partial charge is 0.225 e. The lowest BCUT2D eigenvalue weighted by molar-refractivity contribution is 0.598. The van der Waals surface area contributed by atoms with E-state index < -0.39 is 10.0 Å². The van der Waals surface area contributed by atoms with E-state index in [1.807, 2.05) is 24.3 Å². The van der Waals surface area contributed by atoms with E-state index in [9.17, 15) is 12.8 Å². The second-order valence-electron chi connectivity index (χ2n) is 5.75. The van der Waals surface area contributed by atoms with E-state index in [1.54, 1.807) is 18.2 Å². The summed E-state index contributed by atoms with van der Waals surface area (Å²) in [6.07, 6.45) is 0. The molecule has 0 unspecified atom stereocenters. The third-order valence-electron chi connectivity index (χ3n) is 4.00. The fourth-order valence-corrected chi connectivity index (χ4v) is 3.65. The first-order chi connectivity index (χ1) is 12.3. The van der Waals surface area contributed by atoms with Gasteiger partial charge in [0.15, 0.2) is 0 Å². The van der Waals surface area contributed by atoms with Gasteiger partial charge >= 0.3 is 0 Å². The van der Waals surface area contributed by atoms with Crippen LogP contribution in [0.2, 0.25) is 5.02 Å². The van der Waals surface area contributed by atoms with Crippen LogP contribution in [0.15, 0.2) is 78.2 Å². The van der Waals surface area contributed by atoms with Crippen molar-refractivity contribution in [3.8, 4) is 11.1 Å². The van der Waals surface area contributed by atoms with E-state index in [4.69, 9.17) is 16.7 Å². The van der Waals surface area contributed by atoms with Crippen molar-refractivity contribution in [2.45, 2.75) is 4.90 Å². The van der Waals surface area contributed by atoms with Crippen molar-refractivity contribution in [1.29, 1.82) is 0 Å². The van der Waals surface area contributed by atoms with Crippen LogP contribution in [0, 0.1) is 5.82 Å². The SMILES string of the molecule is C=C(c1ccc(-c2ccc(F)cc2)cc1)c1ccc(Cl)c(S(N)(=O)=O)c1. The molecule has 3 rings (SSSR count). The minimum absolute atomic E-state index is 0.0655. The van der Waals surface area contributed by atoms with Crippen LogP contribution in [-0.4, -0.2) is 8.42 Å². The minimum Gasteiger partial charge on any atom is -0.225 e. The van der Waals surface area contributed by atoms with E-state index >= 15 is 0 Å². The largest absolute Gasteiger partial charge is 0.239 e. The molecule has 3 aromatic rings. The number of nitrogens with two attached hydrogens (primary N) is 1. The molecule has 3 nitrogen and oxygen atoms in total. The summed E-state index contributed by atoms with van der Waals surface area (Å²) in [4.78, 5) is -0.138. The molecule has 0 aliphatic carbocycles. The van der Waals surface area contributed by atoms with E-state index in [-0.39, 0.29) is 15.7 Å². The van der Waals surface area contributed by atoms with Crippen molar-refractivity contribution in [3.63, 3.8) is 0 Å². The first kappa shape index (κ1) is 18.3. The maximum atomic E-state index is 13.0. The van der Waals surface area contributed by atoms with Gasteiger partial charge in [0.1, 0.15) is 10.7 Å². The van der Waals surface area contributed by atoms with Crippen molar-refractivity contribution in [3.05, 3.63) is 95.3 Å². The summed E-state index contributed by atoms with van der Waals surface area (Å²) in [5, 5.41) is 5.26. The van der Waals surface area contributed by atoms with Gasteiger partial charge in [0, 0.05) is 0 Å². The molecule has 0 aliphatic rings. The Labute approximate surface area is 156 Å². The molecule has 0 aromatic heterocycles. The molecule has 0 amide bonds. The van der Waals surface area contributed by atoms with Crippen LogP contribution in [0.1, 0.15) is 11.1 Å². The lowest BCUT2D eigenvalue weighted by Crippen LogP contribution is -2.13.